The van der Waals surface area contributed by atoms with Crippen molar-refractivity contribution >= 4 is 11.8 Å². The molecule has 2 aliphatic heterocycles. The van der Waals surface area contributed by atoms with Crippen LogP contribution in [0.1, 0.15) is 54.1 Å². The molecule has 6 nitrogen and oxygen atoms in total. The van der Waals surface area contributed by atoms with Gasteiger partial charge in [0, 0.05) is 45.8 Å². The monoisotopic (exact) mass is 423 g/mol. The van der Waals surface area contributed by atoms with Crippen LogP contribution in [-0.4, -0.2) is 65.8 Å². The zero-order valence-electron chi connectivity index (χ0n) is 18.6. The number of carbonyl (C=O) groups is 2. The predicted octanol–water partition coefficient (Wildman–Crippen LogP) is 3.60. The largest absolute Gasteiger partial charge is 0.472 e. The van der Waals surface area contributed by atoms with Crippen LogP contribution in [-0.2, 0) is 11.3 Å². The van der Waals surface area contributed by atoms with Crippen molar-refractivity contribution < 1.29 is 14.0 Å². The summed E-state index contributed by atoms with van der Waals surface area (Å²) in [4.78, 5) is 32.0. The molecule has 0 aliphatic carbocycles. The first kappa shape index (κ1) is 21.6. The number of piperazine rings is 1. The highest BCUT2D eigenvalue weighted by atomic mass is 16.3. The normalized spacial score (nSPS) is 20.3. The lowest BCUT2D eigenvalue weighted by molar-refractivity contribution is -0.138. The first-order chi connectivity index (χ1) is 15.0. The van der Waals surface area contributed by atoms with E-state index in [1.807, 2.05) is 4.90 Å². The zero-order chi connectivity index (χ0) is 21.8. The van der Waals surface area contributed by atoms with E-state index in [0.717, 1.165) is 45.6 Å². The lowest BCUT2D eigenvalue weighted by Gasteiger charge is -2.39. The van der Waals surface area contributed by atoms with E-state index in [2.05, 4.69) is 43.0 Å². The van der Waals surface area contributed by atoms with Crippen molar-refractivity contribution in [2.45, 2.75) is 39.2 Å². The van der Waals surface area contributed by atoms with Crippen LogP contribution in [0.2, 0.25) is 0 Å². The van der Waals surface area contributed by atoms with Crippen LogP contribution in [0.25, 0.3) is 0 Å². The molecule has 2 amide bonds. The summed E-state index contributed by atoms with van der Waals surface area (Å²) >= 11 is 0. The molecule has 2 aromatic rings. The first-order valence-corrected chi connectivity index (χ1v) is 11.4. The topological polar surface area (TPSA) is 57.0 Å². The van der Waals surface area contributed by atoms with Gasteiger partial charge in [-0.2, -0.15) is 0 Å². The Morgan fingerprint density at radius 2 is 1.74 bits per heavy atom. The minimum absolute atomic E-state index is 0.0421. The summed E-state index contributed by atoms with van der Waals surface area (Å²) in [5, 5.41) is 0. The molecule has 6 heteroatoms. The molecule has 31 heavy (non-hydrogen) atoms. The number of likely N-dealkylation sites (tertiary alicyclic amines) is 1. The van der Waals surface area contributed by atoms with E-state index in [-0.39, 0.29) is 17.7 Å². The third-order valence-electron chi connectivity index (χ3n) is 6.56. The minimum Gasteiger partial charge on any atom is -0.472 e. The van der Waals surface area contributed by atoms with Crippen molar-refractivity contribution in [3.05, 3.63) is 59.5 Å². The first-order valence-electron chi connectivity index (χ1n) is 11.4. The molecule has 1 unspecified atom stereocenters. The molecule has 3 heterocycles. The molecular formula is C25H33N3O3. The van der Waals surface area contributed by atoms with Gasteiger partial charge in [-0.15, -0.1) is 0 Å². The molecule has 1 aromatic heterocycles. The van der Waals surface area contributed by atoms with Gasteiger partial charge in [0.2, 0.25) is 5.91 Å². The van der Waals surface area contributed by atoms with Gasteiger partial charge in [-0.25, -0.2) is 0 Å². The Morgan fingerprint density at radius 1 is 1.00 bits per heavy atom. The Balaban J connectivity index is 1.27. The maximum atomic E-state index is 13.1. The predicted molar refractivity (Wildman–Crippen MR) is 120 cm³/mol. The highest BCUT2D eigenvalue weighted by Gasteiger charge is 2.33. The molecule has 0 N–H and O–H groups in total. The van der Waals surface area contributed by atoms with E-state index in [0.29, 0.717) is 24.6 Å². The Hall–Kier alpha value is -2.60. The number of amides is 2. The summed E-state index contributed by atoms with van der Waals surface area (Å²) in [5.41, 5.74) is 3.25. The van der Waals surface area contributed by atoms with Gasteiger partial charge in [0.25, 0.3) is 5.91 Å². The summed E-state index contributed by atoms with van der Waals surface area (Å²) in [7, 11) is 0. The molecule has 4 rings (SSSR count). The van der Waals surface area contributed by atoms with Gasteiger partial charge < -0.3 is 14.2 Å². The lowest BCUT2D eigenvalue weighted by atomic mass is 9.95. The van der Waals surface area contributed by atoms with Gasteiger partial charge in [0.15, 0.2) is 0 Å². The van der Waals surface area contributed by atoms with Crippen LogP contribution < -0.4 is 0 Å². The molecule has 0 bridgehead atoms. The smallest absolute Gasteiger partial charge is 0.257 e. The van der Waals surface area contributed by atoms with Crippen molar-refractivity contribution in [1.82, 2.24) is 14.7 Å². The fourth-order valence-electron chi connectivity index (χ4n) is 4.58. The van der Waals surface area contributed by atoms with Gasteiger partial charge in [0.05, 0.1) is 17.7 Å². The average molecular weight is 424 g/mol. The molecule has 2 fully saturated rings. The van der Waals surface area contributed by atoms with E-state index in [9.17, 15) is 9.59 Å². The van der Waals surface area contributed by atoms with E-state index in [1.165, 1.54) is 23.7 Å². The summed E-state index contributed by atoms with van der Waals surface area (Å²) in [6.07, 6.45) is 4.71. The van der Waals surface area contributed by atoms with Gasteiger partial charge >= 0.3 is 0 Å². The number of hydrogen-bond acceptors (Lipinski definition) is 4. The second kappa shape index (κ2) is 9.69. The third kappa shape index (κ3) is 5.18. The number of nitrogens with zero attached hydrogens (tertiary/aromatic N) is 3. The van der Waals surface area contributed by atoms with E-state index in [1.54, 1.807) is 11.0 Å². The van der Waals surface area contributed by atoms with Crippen molar-refractivity contribution in [3.63, 3.8) is 0 Å². The van der Waals surface area contributed by atoms with Crippen molar-refractivity contribution in [1.29, 1.82) is 0 Å². The third-order valence-corrected chi connectivity index (χ3v) is 6.56. The number of benzene rings is 1. The highest BCUT2D eigenvalue weighted by molar-refractivity contribution is 5.94. The van der Waals surface area contributed by atoms with Crippen LogP contribution in [0.3, 0.4) is 0 Å². The minimum atomic E-state index is -0.0975. The van der Waals surface area contributed by atoms with Crippen LogP contribution in [0.5, 0.6) is 0 Å². The number of piperidine rings is 1. The number of rotatable bonds is 5. The number of carbonyl (C=O) groups excluding carboxylic acids is 2. The lowest BCUT2D eigenvalue weighted by Crippen LogP contribution is -2.52. The van der Waals surface area contributed by atoms with Crippen molar-refractivity contribution in [3.8, 4) is 0 Å². The Morgan fingerprint density at radius 3 is 2.39 bits per heavy atom. The maximum Gasteiger partial charge on any atom is 0.257 e. The van der Waals surface area contributed by atoms with Gasteiger partial charge in [-0.1, -0.05) is 38.1 Å². The van der Waals surface area contributed by atoms with Gasteiger partial charge in [-0.05, 0) is 36.0 Å². The molecule has 166 valence electrons. The summed E-state index contributed by atoms with van der Waals surface area (Å²) in [6, 6.07) is 10.6. The van der Waals surface area contributed by atoms with Crippen LogP contribution >= 0.6 is 0 Å². The van der Waals surface area contributed by atoms with Gasteiger partial charge in [0.1, 0.15) is 6.26 Å². The standard InChI is InChI=1S/C25H33N3O3/c1-19(2)21-7-5-20(6-8-21)16-26-11-13-27(14-12-26)24(29)22-4-3-10-28(17-22)25(30)23-9-15-31-18-23/h5-9,15,18-19,22H,3-4,10-14,16-17H2,1-2H3. The van der Waals surface area contributed by atoms with E-state index in [4.69, 9.17) is 4.42 Å². The van der Waals surface area contributed by atoms with Crippen LogP contribution in [0, 0.1) is 5.92 Å². The van der Waals surface area contributed by atoms with Crippen molar-refractivity contribution in [2.24, 2.45) is 5.92 Å². The zero-order valence-corrected chi connectivity index (χ0v) is 18.6. The second-order valence-electron chi connectivity index (χ2n) is 9.10. The fraction of sp³-hybridized carbons (Fsp3) is 0.520. The summed E-state index contributed by atoms with van der Waals surface area (Å²) in [6.45, 7) is 9.86. The summed E-state index contributed by atoms with van der Waals surface area (Å²) in [5.74, 6) is 0.610. The molecule has 0 spiro atoms. The molecular weight excluding hydrogens is 390 g/mol. The number of hydrogen-bond donors (Lipinski definition) is 0. The van der Waals surface area contributed by atoms with E-state index >= 15 is 0 Å². The molecule has 0 radical (unpaired) electrons. The second-order valence-corrected chi connectivity index (χ2v) is 9.10. The summed E-state index contributed by atoms with van der Waals surface area (Å²) < 4.78 is 5.04. The van der Waals surface area contributed by atoms with Crippen LogP contribution in [0.4, 0.5) is 0 Å². The average Bonchev–Trinajstić information content (AvgIpc) is 3.34. The molecule has 1 aromatic carbocycles. The molecule has 2 aliphatic rings. The molecule has 0 saturated carbocycles. The quantitative estimate of drug-likeness (QED) is 0.737. The highest BCUT2D eigenvalue weighted by Crippen LogP contribution is 2.22. The van der Waals surface area contributed by atoms with E-state index < -0.39 is 0 Å². The Labute approximate surface area is 184 Å². The maximum absolute atomic E-state index is 13.1. The SMILES string of the molecule is CC(C)c1ccc(CN2CCN(C(=O)C3CCCN(C(=O)c4ccoc4)C3)CC2)cc1. The Bertz CT molecular complexity index is 868. The Kier molecular flexibility index (Phi) is 6.76. The fourth-order valence-corrected chi connectivity index (χ4v) is 4.58. The van der Waals surface area contributed by atoms with Crippen LogP contribution in [0.15, 0.2) is 47.3 Å². The van der Waals surface area contributed by atoms with Gasteiger partial charge in [-0.3, -0.25) is 14.5 Å². The van der Waals surface area contributed by atoms with Crippen molar-refractivity contribution in [2.75, 3.05) is 39.3 Å². The number of furan rings is 1. The molecule has 2 saturated heterocycles. The molecule has 1 atom stereocenters.